The van der Waals surface area contributed by atoms with E-state index in [1.807, 2.05) is 12.1 Å². The molecule has 1 saturated heterocycles. The van der Waals surface area contributed by atoms with Crippen LogP contribution in [0.3, 0.4) is 0 Å². The van der Waals surface area contributed by atoms with Crippen molar-refractivity contribution in [3.63, 3.8) is 0 Å². The van der Waals surface area contributed by atoms with Gasteiger partial charge in [0.15, 0.2) is 5.75 Å². The van der Waals surface area contributed by atoms with Gasteiger partial charge in [-0.15, -0.1) is 0 Å². The lowest BCUT2D eigenvalue weighted by Crippen LogP contribution is -2.60. The van der Waals surface area contributed by atoms with Crippen molar-refractivity contribution in [3.05, 3.63) is 29.3 Å². The number of fused-ring (bicyclic) bond motifs is 2. The van der Waals surface area contributed by atoms with Crippen LogP contribution < -0.4 is 15.6 Å². The number of benzene rings is 1. The number of hydroxylamine groups is 1. The number of nitrogens with zero attached hydrogens (tertiary/aromatic N) is 1. The van der Waals surface area contributed by atoms with E-state index in [1.54, 1.807) is 11.0 Å². The van der Waals surface area contributed by atoms with Crippen LogP contribution in [0.15, 0.2) is 18.2 Å². The Balaban J connectivity index is 1.11. The molecule has 3 unspecified atom stereocenters. The summed E-state index contributed by atoms with van der Waals surface area (Å²) in [6, 6.07) is 4.93. The number of carbonyl (C=O) groups is 3. The second-order valence-electron chi connectivity index (χ2n) is 10.4. The Morgan fingerprint density at radius 2 is 1.90 bits per heavy atom. The van der Waals surface area contributed by atoms with Gasteiger partial charge in [0.05, 0.1) is 12.1 Å². The molecular formula is C23H25N3O4. The quantitative estimate of drug-likeness (QED) is 0.588. The molecule has 2 N–H and O–H groups in total. The lowest BCUT2D eigenvalue weighted by atomic mass is 9.38. The minimum Gasteiger partial charge on any atom is -0.408 e. The third-order valence-electron chi connectivity index (χ3n) is 9.25. The van der Waals surface area contributed by atoms with Gasteiger partial charge in [-0.05, 0) is 73.8 Å². The minimum absolute atomic E-state index is 0.0786. The minimum atomic E-state index is -0.603. The van der Waals surface area contributed by atoms with Crippen LogP contribution in [0, 0.1) is 23.2 Å². The molecule has 2 heterocycles. The Morgan fingerprint density at radius 1 is 1.10 bits per heavy atom. The molecular weight excluding hydrogens is 382 g/mol. The van der Waals surface area contributed by atoms with E-state index in [2.05, 4.69) is 10.8 Å². The molecule has 30 heavy (non-hydrogen) atoms. The highest BCUT2D eigenvalue weighted by atomic mass is 16.6. The summed E-state index contributed by atoms with van der Waals surface area (Å²) < 4.78 is 0. The molecule has 4 saturated carbocycles. The van der Waals surface area contributed by atoms with Crippen LogP contribution >= 0.6 is 0 Å². The molecule has 0 aromatic heterocycles. The number of amides is 3. The largest absolute Gasteiger partial charge is 0.408 e. The fourth-order valence-electron chi connectivity index (χ4n) is 8.01. The van der Waals surface area contributed by atoms with E-state index in [0.717, 1.165) is 23.3 Å². The summed E-state index contributed by atoms with van der Waals surface area (Å²) in [4.78, 5) is 44.5. The Hall–Kier alpha value is -2.41. The predicted molar refractivity (Wildman–Crippen MR) is 105 cm³/mol. The zero-order valence-corrected chi connectivity index (χ0v) is 16.8. The lowest BCUT2D eigenvalue weighted by molar-refractivity contribution is -0.177. The summed E-state index contributed by atoms with van der Waals surface area (Å²) in [6.07, 6.45) is 7.07. The monoisotopic (exact) mass is 407 g/mol. The topological polar surface area (TPSA) is 87.7 Å². The summed E-state index contributed by atoms with van der Waals surface area (Å²) in [7, 11) is 0. The Bertz CT molecular complexity index is 1000. The fourth-order valence-corrected chi connectivity index (χ4v) is 8.01. The van der Waals surface area contributed by atoms with Gasteiger partial charge in [-0.3, -0.25) is 19.7 Å². The Kier molecular flexibility index (Phi) is 3.13. The van der Waals surface area contributed by atoms with Crippen molar-refractivity contribution < 1.29 is 19.2 Å². The number of hydrogen-bond donors (Lipinski definition) is 2. The fraction of sp³-hybridized carbons (Fsp3) is 0.609. The van der Waals surface area contributed by atoms with Crippen LogP contribution in [0.4, 0.5) is 0 Å². The summed E-state index contributed by atoms with van der Waals surface area (Å²) in [5, 5.41) is 2.35. The first-order valence-electron chi connectivity index (χ1n) is 11.2. The molecule has 0 radical (unpaired) electrons. The van der Waals surface area contributed by atoms with Crippen LogP contribution in [-0.4, -0.2) is 34.2 Å². The van der Waals surface area contributed by atoms with Crippen LogP contribution in [0.25, 0.3) is 0 Å². The van der Waals surface area contributed by atoms with Crippen molar-refractivity contribution in [1.29, 1.82) is 0 Å². The maximum atomic E-state index is 13.0. The van der Waals surface area contributed by atoms with E-state index >= 15 is 0 Å². The van der Waals surface area contributed by atoms with Gasteiger partial charge in [-0.1, -0.05) is 6.07 Å². The van der Waals surface area contributed by atoms with Gasteiger partial charge in [0.2, 0.25) is 11.8 Å². The molecule has 7 heteroatoms. The van der Waals surface area contributed by atoms with E-state index < -0.39 is 6.04 Å². The van der Waals surface area contributed by atoms with Crippen LogP contribution in [0.2, 0.25) is 0 Å². The molecule has 5 fully saturated rings. The van der Waals surface area contributed by atoms with Crippen molar-refractivity contribution in [2.45, 2.75) is 63.1 Å². The van der Waals surface area contributed by atoms with Crippen LogP contribution in [-0.2, 0) is 16.1 Å². The van der Waals surface area contributed by atoms with Gasteiger partial charge in [-0.25, -0.2) is 0 Å². The highest BCUT2D eigenvalue weighted by Crippen LogP contribution is 2.82. The number of piperidine rings is 1. The molecule has 4 aliphatic carbocycles. The summed E-state index contributed by atoms with van der Waals surface area (Å²) in [6.45, 7) is 0.336. The summed E-state index contributed by atoms with van der Waals surface area (Å²) in [5.74, 6) is 2.56. The van der Waals surface area contributed by atoms with Gasteiger partial charge < -0.3 is 9.74 Å². The molecule has 3 amide bonds. The second-order valence-corrected chi connectivity index (χ2v) is 10.4. The molecule has 1 aromatic carbocycles. The maximum Gasteiger partial charge on any atom is 0.255 e. The molecule has 3 atom stereocenters. The molecule has 1 spiro atoms. The van der Waals surface area contributed by atoms with Crippen molar-refractivity contribution in [2.75, 3.05) is 0 Å². The van der Waals surface area contributed by atoms with E-state index in [9.17, 15) is 14.4 Å². The first-order chi connectivity index (χ1) is 14.5. The van der Waals surface area contributed by atoms with Gasteiger partial charge in [0, 0.05) is 17.5 Å². The third kappa shape index (κ3) is 1.97. The Labute approximate surface area is 174 Å². The zero-order chi connectivity index (χ0) is 20.3. The van der Waals surface area contributed by atoms with Crippen molar-refractivity contribution in [3.8, 4) is 5.75 Å². The van der Waals surface area contributed by atoms with Crippen LogP contribution in [0.5, 0.6) is 5.75 Å². The predicted octanol–water partition coefficient (Wildman–Crippen LogP) is 1.91. The second kappa shape index (κ2) is 5.44. The van der Waals surface area contributed by atoms with Crippen molar-refractivity contribution >= 4 is 17.7 Å². The van der Waals surface area contributed by atoms with Crippen molar-refractivity contribution in [2.24, 2.45) is 23.2 Å². The molecule has 156 valence electrons. The van der Waals surface area contributed by atoms with E-state index in [-0.39, 0.29) is 29.7 Å². The first-order valence-corrected chi connectivity index (χ1v) is 11.2. The number of imide groups is 1. The molecule has 2 aliphatic heterocycles. The number of nitrogens with one attached hydrogen (secondary N) is 2. The Morgan fingerprint density at radius 3 is 2.60 bits per heavy atom. The average molecular weight is 407 g/mol. The first kappa shape index (κ1) is 17.3. The summed E-state index contributed by atoms with van der Waals surface area (Å²) >= 11 is 0. The number of rotatable bonds is 4. The lowest BCUT2D eigenvalue weighted by Gasteiger charge is -2.66. The third-order valence-corrected chi connectivity index (χ3v) is 9.25. The number of hydrogen-bond acceptors (Lipinski definition) is 5. The van der Waals surface area contributed by atoms with Crippen LogP contribution in [0.1, 0.15) is 60.9 Å². The molecule has 6 aliphatic rings. The highest BCUT2D eigenvalue weighted by Gasteiger charge is 2.77. The standard InChI is InChI=1S/C23H25N3O4/c27-19-5-4-17(20(28)24-19)26-10-16-15(21(26)29)2-1-3-18(16)30-25-22-8-13-6-12-7-14(9-22)23(12,13)11-22/h1-3,12-14,17,25H,4-11H2,(H,24,27,28). The maximum absolute atomic E-state index is 13.0. The molecule has 7 rings (SSSR count). The zero-order valence-electron chi connectivity index (χ0n) is 16.8. The normalized spacial score (nSPS) is 42.4. The molecule has 1 aromatic rings. The van der Waals surface area contributed by atoms with E-state index in [0.29, 0.717) is 29.7 Å². The van der Waals surface area contributed by atoms with Gasteiger partial charge in [0.25, 0.3) is 5.91 Å². The van der Waals surface area contributed by atoms with E-state index in [1.165, 1.54) is 32.1 Å². The smallest absolute Gasteiger partial charge is 0.255 e. The highest BCUT2D eigenvalue weighted by molar-refractivity contribution is 6.05. The number of carbonyl (C=O) groups excluding carboxylic acids is 3. The van der Waals surface area contributed by atoms with Gasteiger partial charge >= 0.3 is 0 Å². The SMILES string of the molecule is O=C1CCC(N2Cc3c(ONC45CC6CC7CC(C4)C76C5)cccc3C2=O)C(=O)N1. The van der Waals surface area contributed by atoms with Crippen molar-refractivity contribution in [1.82, 2.24) is 15.7 Å². The molecule has 7 nitrogen and oxygen atoms in total. The average Bonchev–Trinajstić information content (AvgIpc) is 3.31. The van der Waals surface area contributed by atoms with E-state index in [4.69, 9.17) is 4.84 Å². The van der Waals surface area contributed by atoms with Gasteiger partial charge in [-0.2, -0.15) is 5.48 Å². The molecule has 2 bridgehead atoms. The van der Waals surface area contributed by atoms with Gasteiger partial charge in [0.1, 0.15) is 6.04 Å². The summed E-state index contributed by atoms with van der Waals surface area (Å²) in [5.41, 5.74) is 5.57.